The number of benzene rings is 1. The van der Waals surface area contributed by atoms with Crippen LogP contribution in [0.2, 0.25) is 0 Å². The largest absolute Gasteiger partial charge is 0.339 e. The Kier molecular flexibility index (Phi) is 2.29. The van der Waals surface area contributed by atoms with E-state index in [1.807, 2.05) is 6.08 Å². The minimum atomic E-state index is 0.900. The molecule has 0 fully saturated rings. The van der Waals surface area contributed by atoms with Gasteiger partial charge in [0, 0.05) is 29.7 Å². The quantitative estimate of drug-likeness (QED) is 0.757. The van der Waals surface area contributed by atoms with Gasteiger partial charge in [-0.25, -0.2) is 0 Å². The number of aromatic nitrogens is 1. The Hall–Kier alpha value is -1.54. The second-order valence-electron chi connectivity index (χ2n) is 4.27. The molecule has 0 bridgehead atoms. The molecule has 0 atom stereocenters. The summed E-state index contributed by atoms with van der Waals surface area (Å²) in [7, 11) is 0. The number of nitrogens with zero attached hydrogens (tertiary/aromatic N) is 1. The molecule has 2 nitrogen and oxygen atoms in total. The predicted molar refractivity (Wildman–Crippen MR) is 67.5 cm³/mol. The van der Waals surface area contributed by atoms with Crippen LogP contribution in [-0.2, 0) is 19.5 Å². The topological polar surface area (TPSA) is 17.0 Å². The predicted octanol–water partition coefficient (Wildman–Crippen LogP) is 2.47. The van der Waals surface area contributed by atoms with Crippen molar-refractivity contribution in [3.05, 3.63) is 48.2 Å². The van der Waals surface area contributed by atoms with Gasteiger partial charge in [-0.1, -0.05) is 24.3 Å². The monoisotopic (exact) mass is 212 g/mol. The number of allylic oxidation sites excluding steroid dienone is 1. The normalized spacial score (nSPS) is 15.0. The van der Waals surface area contributed by atoms with Crippen LogP contribution >= 0.6 is 0 Å². The highest BCUT2D eigenvalue weighted by Gasteiger charge is 2.18. The highest BCUT2D eigenvalue weighted by Crippen LogP contribution is 2.28. The number of hydrogen-bond acceptors (Lipinski definition) is 1. The molecule has 0 saturated heterocycles. The molecular weight excluding hydrogens is 196 g/mol. The van der Waals surface area contributed by atoms with Gasteiger partial charge in [0.15, 0.2) is 0 Å². The first-order valence-corrected chi connectivity index (χ1v) is 5.82. The molecule has 0 aliphatic carbocycles. The van der Waals surface area contributed by atoms with Crippen LogP contribution in [0.1, 0.15) is 11.3 Å². The third kappa shape index (κ3) is 1.30. The molecule has 0 amide bonds. The average Bonchev–Trinajstić information content (AvgIpc) is 2.66. The molecule has 1 aliphatic rings. The SMILES string of the molecule is C=CCn1c2c(c3ccccc31)CCNC2. The van der Waals surface area contributed by atoms with Crippen molar-refractivity contribution >= 4 is 10.9 Å². The lowest BCUT2D eigenvalue weighted by Crippen LogP contribution is -2.25. The molecule has 1 aromatic heterocycles. The Morgan fingerprint density at radius 3 is 3.12 bits per heavy atom. The Balaban J connectivity index is 2.32. The summed E-state index contributed by atoms with van der Waals surface area (Å²) in [6, 6.07) is 8.68. The van der Waals surface area contributed by atoms with E-state index in [0.29, 0.717) is 0 Å². The fourth-order valence-electron chi connectivity index (χ4n) is 2.67. The van der Waals surface area contributed by atoms with Crippen molar-refractivity contribution in [2.75, 3.05) is 6.54 Å². The lowest BCUT2D eigenvalue weighted by atomic mass is 10.1. The lowest BCUT2D eigenvalue weighted by Gasteiger charge is -2.16. The molecule has 0 radical (unpaired) electrons. The molecule has 2 aromatic rings. The Labute approximate surface area is 95.6 Å². The van der Waals surface area contributed by atoms with Gasteiger partial charge in [-0.2, -0.15) is 0 Å². The standard InChI is InChI=1S/C14H16N2/c1-2-9-16-13-6-4-3-5-11(13)12-7-8-15-10-14(12)16/h2-6,15H,1,7-10H2. The maximum atomic E-state index is 3.85. The van der Waals surface area contributed by atoms with Gasteiger partial charge in [0.05, 0.1) is 0 Å². The van der Waals surface area contributed by atoms with Gasteiger partial charge < -0.3 is 9.88 Å². The summed E-state index contributed by atoms with van der Waals surface area (Å²) >= 11 is 0. The van der Waals surface area contributed by atoms with Gasteiger partial charge in [0.2, 0.25) is 0 Å². The van der Waals surface area contributed by atoms with E-state index in [4.69, 9.17) is 0 Å². The molecule has 0 saturated carbocycles. The van der Waals surface area contributed by atoms with Crippen molar-refractivity contribution in [2.45, 2.75) is 19.5 Å². The number of fused-ring (bicyclic) bond motifs is 3. The molecule has 2 heterocycles. The van der Waals surface area contributed by atoms with E-state index in [1.165, 1.54) is 22.2 Å². The molecule has 0 spiro atoms. The molecule has 3 rings (SSSR count). The van der Waals surface area contributed by atoms with Crippen LogP contribution in [0.5, 0.6) is 0 Å². The van der Waals surface area contributed by atoms with Gasteiger partial charge in [-0.3, -0.25) is 0 Å². The third-order valence-electron chi connectivity index (χ3n) is 3.35. The van der Waals surface area contributed by atoms with Crippen LogP contribution in [0.4, 0.5) is 0 Å². The fraction of sp³-hybridized carbons (Fsp3) is 0.286. The molecular formula is C14H16N2. The third-order valence-corrected chi connectivity index (χ3v) is 3.35. The van der Waals surface area contributed by atoms with Crippen LogP contribution in [0.15, 0.2) is 36.9 Å². The van der Waals surface area contributed by atoms with Crippen LogP contribution in [0.3, 0.4) is 0 Å². The number of nitrogens with one attached hydrogen (secondary N) is 1. The van der Waals surface area contributed by atoms with E-state index in [1.54, 1.807) is 0 Å². The van der Waals surface area contributed by atoms with Gasteiger partial charge in [0.1, 0.15) is 0 Å². The summed E-state index contributed by atoms with van der Waals surface area (Å²) in [6.45, 7) is 6.83. The average molecular weight is 212 g/mol. The Morgan fingerprint density at radius 2 is 2.25 bits per heavy atom. The summed E-state index contributed by atoms with van der Waals surface area (Å²) in [5.41, 5.74) is 4.31. The van der Waals surface area contributed by atoms with E-state index in [-0.39, 0.29) is 0 Å². The Bertz CT molecular complexity index is 537. The van der Waals surface area contributed by atoms with Crippen molar-refractivity contribution in [2.24, 2.45) is 0 Å². The van der Waals surface area contributed by atoms with Crippen molar-refractivity contribution in [1.29, 1.82) is 0 Å². The first kappa shape index (κ1) is 9.67. The van der Waals surface area contributed by atoms with Crippen molar-refractivity contribution in [3.63, 3.8) is 0 Å². The van der Waals surface area contributed by atoms with Crippen molar-refractivity contribution in [3.8, 4) is 0 Å². The molecule has 16 heavy (non-hydrogen) atoms. The zero-order chi connectivity index (χ0) is 11.0. The van der Waals surface area contributed by atoms with Gasteiger partial charge in [-0.05, 0) is 24.6 Å². The fourth-order valence-corrected chi connectivity index (χ4v) is 2.67. The minimum Gasteiger partial charge on any atom is -0.339 e. The van der Waals surface area contributed by atoms with E-state index in [2.05, 4.69) is 40.7 Å². The van der Waals surface area contributed by atoms with Crippen molar-refractivity contribution in [1.82, 2.24) is 9.88 Å². The van der Waals surface area contributed by atoms with Crippen molar-refractivity contribution < 1.29 is 0 Å². The first-order chi connectivity index (χ1) is 7.92. The molecule has 1 aromatic carbocycles. The van der Waals surface area contributed by atoms with Crippen LogP contribution in [0, 0.1) is 0 Å². The lowest BCUT2D eigenvalue weighted by molar-refractivity contribution is 0.605. The Morgan fingerprint density at radius 1 is 1.38 bits per heavy atom. The van der Waals surface area contributed by atoms with Crippen LogP contribution in [0.25, 0.3) is 10.9 Å². The van der Waals surface area contributed by atoms with Gasteiger partial charge in [-0.15, -0.1) is 6.58 Å². The second kappa shape index (κ2) is 3.80. The second-order valence-corrected chi connectivity index (χ2v) is 4.27. The summed E-state index contributed by atoms with van der Waals surface area (Å²) in [5.74, 6) is 0. The summed E-state index contributed by atoms with van der Waals surface area (Å²) < 4.78 is 2.38. The molecule has 82 valence electrons. The smallest absolute Gasteiger partial charge is 0.0488 e. The number of rotatable bonds is 2. The highest BCUT2D eigenvalue weighted by atomic mass is 15.0. The summed E-state index contributed by atoms with van der Waals surface area (Å²) in [4.78, 5) is 0. The zero-order valence-corrected chi connectivity index (χ0v) is 9.37. The summed E-state index contributed by atoms with van der Waals surface area (Å²) in [5, 5.41) is 4.86. The molecule has 0 unspecified atom stereocenters. The van der Waals surface area contributed by atoms with E-state index < -0.39 is 0 Å². The molecule has 1 aliphatic heterocycles. The summed E-state index contributed by atoms with van der Waals surface area (Å²) in [6.07, 6.45) is 3.11. The zero-order valence-electron chi connectivity index (χ0n) is 9.37. The number of hydrogen-bond donors (Lipinski definition) is 1. The van der Waals surface area contributed by atoms with E-state index >= 15 is 0 Å². The van der Waals surface area contributed by atoms with Crippen LogP contribution < -0.4 is 5.32 Å². The first-order valence-electron chi connectivity index (χ1n) is 5.82. The number of para-hydroxylation sites is 1. The highest BCUT2D eigenvalue weighted by molar-refractivity contribution is 5.85. The van der Waals surface area contributed by atoms with Crippen LogP contribution in [-0.4, -0.2) is 11.1 Å². The minimum absolute atomic E-state index is 0.900. The van der Waals surface area contributed by atoms with E-state index in [0.717, 1.165) is 26.1 Å². The maximum absolute atomic E-state index is 3.85. The van der Waals surface area contributed by atoms with E-state index in [9.17, 15) is 0 Å². The van der Waals surface area contributed by atoms with Gasteiger partial charge >= 0.3 is 0 Å². The molecule has 2 heteroatoms. The maximum Gasteiger partial charge on any atom is 0.0488 e. The molecule has 1 N–H and O–H groups in total. The van der Waals surface area contributed by atoms with Gasteiger partial charge in [0.25, 0.3) is 0 Å².